The Balaban J connectivity index is 1.42. The van der Waals surface area contributed by atoms with Crippen LogP contribution in [-0.4, -0.2) is 90.4 Å². The molecule has 10 heteroatoms. The molecule has 0 spiro atoms. The summed E-state index contributed by atoms with van der Waals surface area (Å²) in [6.45, 7) is 4.32. The fourth-order valence-corrected chi connectivity index (χ4v) is 4.42. The topological polar surface area (TPSA) is 102 Å². The minimum Gasteiger partial charge on any atom is -0.349 e. The number of rotatable bonds is 8. The van der Waals surface area contributed by atoms with Crippen LogP contribution in [0.25, 0.3) is 0 Å². The Morgan fingerprint density at radius 2 is 1.78 bits per heavy atom. The van der Waals surface area contributed by atoms with E-state index in [9.17, 15) is 4.79 Å². The van der Waals surface area contributed by atoms with Crippen LogP contribution in [-0.2, 0) is 4.79 Å². The number of benzene rings is 1. The highest BCUT2D eigenvalue weighted by molar-refractivity contribution is 6.05. The van der Waals surface area contributed by atoms with E-state index in [0.29, 0.717) is 23.8 Å². The van der Waals surface area contributed by atoms with Crippen molar-refractivity contribution in [2.24, 2.45) is 10.9 Å². The Bertz CT molecular complexity index is 1140. The molecule has 2 aliphatic heterocycles. The molecule has 1 unspecified atom stereocenters. The Morgan fingerprint density at radius 3 is 2.47 bits per heavy atom. The molecule has 1 amide bonds. The van der Waals surface area contributed by atoms with Crippen molar-refractivity contribution in [1.29, 1.82) is 0 Å². The fourth-order valence-electron chi connectivity index (χ4n) is 4.42. The van der Waals surface area contributed by atoms with Crippen LogP contribution < -0.4 is 15.5 Å². The van der Waals surface area contributed by atoms with E-state index in [1.54, 1.807) is 19.0 Å². The lowest BCUT2D eigenvalue weighted by Gasteiger charge is -2.32. The minimum absolute atomic E-state index is 0.0288. The predicted octanol–water partition coefficient (Wildman–Crippen LogP) is 2.42. The second-order valence-corrected chi connectivity index (χ2v) is 9.99. The van der Waals surface area contributed by atoms with Gasteiger partial charge in [-0.25, -0.2) is 0 Å². The smallest absolute Gasteiger partial charge is 0.234 e. The lowest BCUT2D eigenvalue weighted by molar-refractivity contribution is -0.128. The molecular weight excluding hydrogens is 454 g/mol. The van der Waals surface area contributed by atoms with Crippen LogP contribution in [0.4, 0.5) is 17.8 Å². The molecule has 2 aromatic rings. The average Bonchev–Trinajstić information content (AvgIpc) is 3.63. The zero-order valence-corrected chi connectivity index (χ0v) is 21.3. The summed E-state index contributed by atoms with van der Waals surface area (Å²) in [5, 5.41) is 6.74. The molecule has 1 atom stereocenters. The van der Waals surface area contributed by atoms with Crippen LogP contribution >= 0.6 is 0 Å². The van der Waals surface area contributed by atoms with Crippen molar-refractivity contribution >= 4 is 29.6 Å². The molecule has 2 N–H and O–H groups in total. The summed E-state index contributed by atoms with van der Waals surface area (Å²) in [4.78, 5) is 37.6. The predicted molar refractivity (Wildman–Crippen MR) is 142 cm³/mol. The number of carbonyl (C=O) groups is 1. The number of piperazine rings is 1. The summed E-state index contributed by atoms with van der Waals surface area (Å²) < 4.78 is 0. The molecule has 5 rings (SSSR count). The summed E-state index contributed by atoms with van der Waals surface area (Å²) in [6, 6.07) is 9.67. The molecule has 1 aromatic heterocycles. The van der Waals surface area contributed by atoms with Gasteiger partial charge in [0, 0.05) is 40.3 Å². The van der Waals surface area contributed by atoms with E-state index in [4.69, 9.17) is 15.0 Å². The van der Waals surface area contributed by atoms with Gasteiger partial charge in [-0.1, -0.05) is 30.3 Å². The fraction of sp³-hybridized carbons (Fsp3) is 0.500. The number of carbonyl (C=O) groups excluding carboxylic acids is 1. The Morgan fingerprint density at radius 1 is 1.06 bits per heavy atom. The zero-order valence-electron chi connectivity index (χ0n) is 21.3. The SMILES string of the molecule is CN1CCN(c2nc(NC3=NCC(C4CC4)=C3)nc(NC(CC(=O)N(C)C)c3ccccc3)n2)CC1. The summed E-state index contributed by atoms with van der Waals surface area (Å²) in [6.07, 6.45) is 4.94. The van der Waals surface area contributed by atoms with Crippen LogP contribution in [0, 0.1) is 5.92 Å². The highest BCUT2D eigenvalue weighted by Gasteiger charge is 2.28. The van der Waals surface area contributed by atoms with E-state index >= 15 is 0 Å². The van der Waals surface area contributed by atoms with Crippen molar-refractivity contribution in [1.82, 2.24) is 24.8 Å². The van der Waals surface area contributed by atoms with Crippen molar-refractivity contribution in [2.75, 3.05) is 69.4 Å². The van der Waals surface area contributed by atoms with Gasteiger partial charge in [-0.3, -0.25) is 9.79 Å². The Hall–Kier alpha value is -3.53. The van der Waals surface area contributed by atoms with Crippen LogP contribution in [0.5, 0.6) is 0 Å². The molecule has 3 heterocycles. The molecule has 190 valence electrons. The van der Waals surface area contributed by atoms with Crippen molar-refractivity contribution < 1.29 is 4.79 Å². The third kappa shape index (κ3) is 5.99. The van der Waals surface area contributed by atoms with E-state index in [0.717, 1.165) is 44.1 Å². The maximum Gasteiger partial charge on any atom is 0.234 e. The number of aliphatic imine (C=N–C) groups is 1. The van der Waals surface area contributed by atoms with Crippen molar-refractivity contribution in [2.45, 2.75) is 25.3 Å². The third-order valence-corrected chi connectivity index (χ3v) is 6.89. The Kier molecular flexibility index (Phi) is 7.13. The summed E-state index contributed by atoms with van der Waals surface area (Å²) in [5.41, 5.74) is 2.39. The molecule has 3 aliphatic rings. The number of aromatic nitrogens is 3. The van der Waals surface area contributed by atoms with Gasteiger partial charge in [0.05, 0.1) is 19.0 Å². The first-order valence-corrected chi connectivity index (χ1v) is 12.7. The maximum atomic E-state index is 12.6. The summed E-state index contributed by atoms with van der Waals surface area (Å²) >= 11 is 0. The zero-order chi connectivity index (χ0) is 25.1. The Labute approximate surface area is 212 Å². The summed E-state index contributed by atoms with van der Waals surface area (Å²) in [5.74, 6) is 3.03. The lowest BCUT2D eigenvalue weighted by atomic mass is 10.0. The third-order valence-electron chi connectivity index (χ3n) is 6.89. The second kappa shape index (κ2) is 10.6. The van der Waals surface area contributed by atoms with Crippen molar-refractivity contribution in [3.8, 4) is 0 Å². The van der Waals surface area contributed by atoms with Gasteiger partial charge in [0.15, 0.2) is 0 Å². The first-order chi connectivity index (χ1) is 17.4. The van der Waals surface area contributed by atoms with Crippen molar-refractivity contribution in [3.05, 3.63) is 47.5 Å². The highest BCUT2D eigenvalue weighted by Crippen LogP contribution is 2.37. The van der Waals surface area contributed by atoms with E-state index in [2.05, 4.69) is 38.5 Å². The molecule has 1 saturated heterocycles. The van der Waals surface area contributed by atoms with Gasteiger partial charge in [0.1, 0.15) is 5.84 Å². The number of hydrogen-bond donors (Lipinski definition) is 2. The van der Waals surface area contributed by atoms with Gasteiger partial charge in [-0.05, 0) is 43.0 Å². The molecule has 1 aliphatic carbocycles. The van der Waals surface area contributed by atoms with Gasteiger partial charge in [0.2, 0.25) is 23.8 Å². The number of hydrogen-bond acceptors (Lipinski definition) is 9. The van der Waals surface area contributed by atoms with E-state index in [1.807, 2.05) is 30.3 Å². The molecule has 2 fully saturated rings. The van der Waals surface area contributed by atoms with Crippen LogP contribution in [0.15, 0.2) is 47.0 Å². The van der Waals surface area contributed by atoms with E-state index in [1.165, 1.54) is 18.4 Å². The maximum absolute atomic E-state index is 12.6. The van der Waals surface area contributed by atoms with Crippen LogP contribution in [0.3, 0.4) is 0 Å². The minimum atomic E-state index is -0.276. The molecule has 1 saturated carbocycles. The molecule has 0 bridgehead atoms. The van der Waals surface area contributed by atoms with Crippen LogP contribution in [0.2, 0.25) is 0 Å². The van der Waals surface area contributed by atoms with Crippen molar-refractivity contribution in [3.63, 3.8) is 0 Å². The highest BCUT2D eigenvalue weighted by atomic mass is 16.2. The lowest BCUT2D eigenvalue weighted by Crippen LogP contribution is -2.45. The summed E-state index contributed by atoms with van der Waals surface area (Å²) in [7, 11) is 5.66. The van der Waals surface area contributed by atoms with Gasteiger partial charge >= 0.3 is 0 Å². The number of likely N-dealkylation sites (N-methyl/N-ethyl adjacent to an activating group) is 1. The van der Waals surface area contributed by atoms with Gasteiger partial charge in [-0.2, -0.15) is 15.0 Å². The standard InChI is InChI=1S/C26H35N9O/c1-33(2)23(36)16-21(19-7-5-4-6-8-19)28-24-30-25(29-22-15-20(17-27-22)18-9-10-18)32-26(31-24)35-13-11-34(3)12-14-35/h4-8,15,18,21H,9-14,16-17H2,1-3H3,(H2,27,28,29,30,31,32). The first-order valence-electron chi connectivity index (χ1n) is 12.7. The van der Waals surface area contributed by atoms with E-state index < -0.39 is 0 Å². The van der Waals surface area contributed by atoms with Gasteiger partial charge < -0.3 is 25.3 Å². The average molecular weight is 490 g/mol. The largest absolute Gasteiger partial charge is 0.349 e. The number of nitrogens with one attached hydrogen (secondary N) is 2. The second-order valence-electron chi connectivity index (χ2n) is 9.99. The molecule has 1 aromatic carbocycles. The van der Waals surface area contributed by atoms with E-state index in [-0.39, 0.29) is 18.4 Å². The first kappa shape index (κ1) is 24.2. The van der Waals surface area contributed by atoms with Gasteiger partial charge in [-0.15, -0.1) is 0 Å². The molecule has 10 nitrogen and oxygen atoms in total. The number of amides is 1. The van der Waals surface area contributed by atoms with Crippen LogP contribution in [0.1, 0.15) is 30.9 Å². The molecule has 0 radical (unpaired) electrons. The quantitative estimate of drug-likeness (QED) is 0.583. The molecular formula is C26H35N9O. The number of nitrogens with zero attached hydrogens (tertiary/aromatic N) is 7. The normalized spacial score (nSPS) is 18.9. The monoisotopic (exact) mass is 489 g/mol. The number of amidine groups is 1. The molecule has 36 heavy (non-hydrogen) atoms. The number of anilines is 3. The van der Waals surface area contributed by atoms with Gasteiger partial charge in [0.25, 0.3) is 0 Å².